The summed E-state index contributed by atoms with van der Waals surface area (Å²) in [7, 11) is 0. The summed E-state index contributed by atoms with van der Waals surface area (Å²) in [6.07, 6.45) is 1.52. The van der Waals surface area contributed by atoms with E-state index in [9.17, 15) is 4.79 Å². The number of benzene rings is 2. The number of carbonyl (C=O) groups is 1. The molecule has 0 radical (unpaired) electrons. The molecule has 120 valence electrons. The first-order chi connectivity index (χ1) is 11.6. The van der Waals surface area contributed by atoms with Crippen LogP contribution < -0.4 is 15.8 Å². The second-order valence-electron chi connectivity index (χ2n) is 4.95. The van der Waals surface area contributed by atoms with E-state index < -0.39 is 0 Å². The Morgan fingerprint density at radius 3 is 2.62 bits per heavy atom. The van der Waals surface area contributed by atoms with Crippen molar-refractivity contribution in [3.63, 3.8) is 0 Å². The van der Waals surface area contributed by atoms with Crippen molar-refractivity contribution in [1.29, 1.82) is 0 Å². The van der Waals surface area contributed by atoms with Gasteiger partial charge in [-0.1, -0.05) is 29.8 Å². The monoisotopic (exact) mass is 339 g/mol. The number of halogens is 1. The van der Waals surface area contributed by atoms with Crippen molar-refractivity contribution >= 4 is 29.0 Å². The van der Waals surface area contributed by atoms with E-state index in [0.29, 0.717) is 22.2 Å². The van der Waals surface area contributed by atoms with Crippen molar-refractivity contribution in [3.8, 4) is 11.5 Å². The molecule has 0 saturated heterocycles. The third kappa shape index (κ3) is 3.64. The molecule has 0 bridgehead atoms. The lowest BCUT2D eigenvalue weighted by Crippen LogP contribution is -2.15. The van der Waals surface area contributed by atoms with Gasteiger partial charge in [0, 0.05) is 11.2 Å². The molecule has 1 heterocycles. The second kappa shape index (κ2) is 7.02. The summed E-state index contributed by atoms with van der Waals surface area (Å²) in [6, 6.07) is 17.5. The van der Waals surface area contributed by atoms with E-state index in [1.165, 1.54) is 6.20 Å². The molecule has 1 aromatic heterocycles. The molecule has 0 aliphatic heterocycles. The van der Waals surface area contributed by atoms with Gasteiger partial charge in [0.2, 0.25) is 0 Å². The number of amides is 1. The van der Waals surface area contributed by atoms with Gasteiger partial charge in [-0.15, -0.1) is 0 Å². The highest BCUT2D eigenvalue weighted by Gasteiger charge is 2.14. The normalized spacial score (nSPS) is 10.2. The van der Waals surface area contributed by atoms with Gasteiger partial charge in [0.1, 0.15) is 11.6 Å². The minimum Gasteiger partial charge on any atom is -0.455 e. The Kier molecular flexibility index (Phi) is 4.63. The van der Waals surface area contributed by atoms with Crippen LogP contribution in [-0.4, -0.2) is 10.9 Å². The summed E-state index contributed by atoms with van der Waals surface area (Å²) in [4.78, 5) is 16.3. The smallest absolute Gasteiger partial charge is 0.259 e. The van der Waals surface area contributed by atoms with E-state index in [1.807, 2.05) is 30.3 Å². The maximum Gasteiger partial charge on any atom is 0.259 e. The van der Waals surface area contributed by atoms with Gasteiger partial charge >= 0.3 is 0 Å². The molecular formula is C18H14ClN3O2. The molecule has 1 amide bonds. The van der Waals surface area contributed by atoms with Gasteiger partial charge in [-0.2, -0.15) is 0 Å². The summed E-state index contributed by atoms with van der Waals surface area (Å²) in [5, 5.41) is 3.24. The van der Waals surface area contributed by atoms with Crippen LogP contribution in [0.3, 0.4) is 0 Å². The molecule has 0 spiro atoms. The Morgan fingerprint density at radius 2 is 1.88 bits per heavy atom. The van der Waals surface area contributed by atoms with Crippen LogP contribution in [0, 0.1) is 0 Å². The van der Waals surface area contributed by atoms with Gasteiger partial charge in [0.25, 0.3) is 5.91 Å². The number of para-hydroxylation sites is 1. The maximum absolute atomic E-state index is 12.4. The van der Waals surface area contributed by atoms with E-state index in [1.54, 1.807) is 30.3 Å². The van der Waals surface area contributed by atoms with Crippen LogP contribution in [0.25, 0.3) is 0 Å². The maximum atomic E-state index is 12.4. The predicted molar refractivity (Wildman–Crippen MR) is 94.6 cm³/mol. The molecule has 5 nitrogen and oxygen atoms in total. The first kappa shape index (κ1) is 15.8. The summed E-state index contributed by atoms with van der Waals surface area (Å²) < 4.78 is 5.81. The molecular weight excluding hydrogens is 326 g/mol. The Balaban J connectivity index is 1.88. The van der Waals surface area contributed by atoms with Crippen molar-refractivity contribution in [3.05, 3.63) is 77.4 Å². The Morgan fingerprint density at radius 1 is 1.08 bits per heavy atom. The fraction of sp³-hybridized carbons (Fsp3) is 0. The number of nitrogens with two attached hydrogens (primary N) is 1. The van der Waals surface area contributed by atoms with E-state index in [0.717, 1.165) is 0 Å². The number of hydrogen-bond donors (Lipinski definition) is 2. The van der Waals surface area contributed by atoms with Crippen molar-refractivity contribution < 1.29 is 9.53 Å². The van der Waals surface area contributed by atoms with Crippen LogP contribution in [0.1, 0.15) is 10.4 Å². The first-order valence-corrected chi connectivity index (χ1v) is 7.55. The fourth-order valence-corrected chi connectivity index (χ4v) is 2.28. The summed E-state index contributed by atoms with van der Waals surface area (Å²) in [5.41, 5.74) is 6.46. The van der Waals surface area contributed by atoms with Crippen molar-refractivity contribution in [2.75, 3.05) is 11.1 Å². The van der Waals surface area contributed by atoms with E-state index in [4.69, 9.17) is 22.1 Å². The zero-order valence-corrected chi connectivity index (χ0v) is 13.3. The number of hydrogen-bond acceptors (Lipinski definition) is 4. The molecule has 0 saturated carbocycles. The number of aromatic nitrogens is 1. The Bertz CT molecular complexity index is 869. The van der Waals surface area contributed by atoms with Gasteiger partial charge in [-0.25, -0.2) is 4.98 Å². The Labute approximate surface area is 144 Å². The van der Waals surface area contributed by atoms with E-state index >= 15 is 0 Å². The number of anilines is 2. The Hall–Kier alpha value is -3.05. The van der Waals surface area contributed by atoms with Crippen LogP contribution in [-0.2, 0) is 0 Å². The number of nitrogens with one attached hydrogen (secondary N) is 1. The van der Waals surface area contributed by atoms with Crippen LogP contribution in [0.2, 0.25) is 5.02 Å². The molecule has 0 aliphatic rings. The largest absolute Gasteiger partial charge is 0.455 e. The number of ether oxygens (including phenoxy) is 1. The third-order valence-electron chi connectivity index (χ3n) is 3.24. The highest BCUT2D eigenvalue weighted by molar-refractivity contribution is 6.31. The quantitative estimate of drug-likeness (QED) is 0.740. The summed E-state index contributed by atoms with van der Waals surface area (Å²) in [5.74, 6) is 0.890. The van der Waals surface area contributed by atoms with Gasteiger partial charge < -0.3 is 15.8 Å². The van der Waals surface area contributed by atoms with E-state index in [-0.39, 0.29) is 17.3 Å². The number of nitrogen functional groups attached to an aromatic ring is 1. The van der Waals surface area contributed by atoms with Crippen molar-refractivity contribution in [1.82, 2.24) is 4.98 Å². The zero-order valence-electron chi connectivity index (χ0n) is 12.6. The molecule has 0 aliphatic carbocycles. The fourth-order valence-electron chi connectivity index (χ4n) is 2.10. The summed E-state index contributed by atoms with van der Waals surface area (Å²) in [6.45, 7) is 0. The molecule has 24 heavy (non-hydrogen) atoms. The molecule has 2 aromatic carbocycles. The lowest BCUT2D eigenvalue weighted by Gasteiger charge is -2.13. The minimum atomic E-state index is -0.388. The van der Waals surface area contributed by atoms with Crippen LogP contribution in [0.5, 0.6) is 11.5 Å². The lowest BCUT2D eigenvalue weighted by molar-refractivity contribution is 0.102. The van der Waals surface area contributed by atoms with Crippen LogP contribution in [0.15, 0.2) is 66.9 Å². The average Bonchev–Trinajstić information content (AvgIpc) is 2.58. The van der Waals surface area contributed by atoms with Crippen molar-refractivity contribution in [2.45, 2.75) is 0 Å². The number of carbonyl (C=O) groups excluding carboxylic acids is 1. The predicted octanol–water partition coefficient (Wildman–Crippen LogP) is 4.36. The van der Waals surface area contributed by atoms with Crippen molar-refractivity contribution in [2.24, 2.45) is 0 Å². The molecule has 0 unspecified atom stereocenters. The molecule has 6 heteroatoms. The molecule has 3 rings (SSSR count). The van der Waals surface area contributed by atoms with E-state index in [2.05, 4.69) is 10.3 Å². The highest BCUT2D eigenvalue weighted by atomic mass is 35.5. The molecule has 0 atom stereocenters. The average molecular weight is 340 g/mol. The minimum absolute atomic E-state index is 0.155. The molecule has 3 aromatic rings. The van der Waals surface area contributed by atoms with Crippen LogP contribution in [0.4, 0.5) is 11.5 Å². The molecule has 0 fully saturated rings. The third-order valence-corrected chi connectivity index (χ3v) is 3.48. The zero-order chi connectivity index (χ0) is 16.9. The number of pyridine rings is 1. The highest BCUT2D eigenvalue weighted by Crippen LogP contribution is 2.32. The van der Waals surface area contributed by atoms with Gasteiger partial charge in [-0.3, -0.25) is 4.79 Å². The second-order valence-corrected chi connectivity index (χ2v) is 5.38. The van der Waals surface area contributed by atoms with Gasteiger partial charge in [0.05, 0.1) is 11.3 Å². The number of rotatable bonds is 4. The topological polar surface area (TPSA) is 77.2 Å². The number of nitrogens with zero attached hydrogens (tertiary/aromatic N) is 1. The SMILES string of the molecule is Nc1ncccc1C(=O)Nc1cc(Cl)ccc1Oc1ccccc1. The molecule has 3 N–H and O–H groups in total. The standard InChI is InChI=1S/C18H14ClN3O2/c19-12-8-9-16(24-13-5-2-1-3-6-13)15(11-12)22-18(23)14-7-4-10-21-17(14)20/h1-11H,(H2,20,21)(H,22,23). The van der Waals surface area contributed by atoms with Crippen LogP contribution >= 0.6 is 11.6 Å². The first-order valence-electron chi connectivity index (χ1n) is 7.18. The summed E-state index contributed by atoms with van der Waals surface area (Å²) >= 11 is 6.04. The van der Waals surface area contributed by atoms with Gasteiger partial charge in [-0.05, 0) is 42.5 Å². The lowest BCUT2D eigenvalue weighted by atomic mass is 10.2. The van der Waals surface area contributed by atoms with Gasteiger partial charge in [0.15, 0.2) is 5.75 Å².